The Morgan fingerprint density at radius 2 is 2.15 bits per heavy atom. The molecule has 108 valence electrons. The third-order valence-corrected chi connectivity index (χ3v) is 5.87. The third kappa shape index (κ3) is 2.43. The number of likely N-dealkylation sites (N-methyl/N-ethyl adjacent to an activating group) is 1. The lowest BCUT2D eigenvalue weighted by Gasteiger charge is -2.25. The highest BCUT2D eigenvalue weighted by molar-refractivity contribution is 7.90. The fourth-order valence-corrected chi connectivity index (χ4v) is 4.25. The molecule has 0 unspecified atom stereocenters. The summed E-state index contributed by atoms with van der Waals surface area (Å²) >= 11 is 0. The number of pyridine rings is 1. The van der Waals surface area contributed by atoms with E-state index in [9.17, 15) is 13.2 Å². The van der Waals surface area contributed by atoms with E-state index in [1.807, 2.05) is 6.07 Å². The van der Waals surface area contributed by atoms with Crippen molar-refractivity contribution in [2.45, 2.75) is 36.6 Å². The summed E-state index contributed by atoms with van der Waals surface area (Å²) < 4.78 is 26.9. The van der Waals surface area contributed by atoms with Gasteiger partial charge >= 0.3 is 0 Å². The molecule has 2 atom stereocenters. The Morgan fingerprint density at radius 1 is 1.40 bits per heavy atom. The quantitative estimate of drug-likeness (QED) is 0.874. The Morgan fingerprint density at radius 3 is 2.75 bits per heavy atom. The zero-order valence-corrected chi connectivity index (χ0v) is 12.0. The van der Waals surface area contributed by atoms with Crippen LogP contribution in [0.3, 0.4) is 0 Å². The minimum Gasteiger partial charge on any atom is -0.337 e. The van der Waals surface area contributed by atoms with Crippen LogP contribution in [0.1, 0.15) is 30.9 Å². The first-order valence-electron chi connectivity index (χ1n) is 6.66. The number of aromatic nitrogens is 1. The Labute approximate surface area is 118 Å². The number of carbonyl (C=O) groups excluding carboxylic acids is 1. The van der Waals surface area contributed by atoms with Gasteiger partial charge in [0.2, 0.25) is 15.9 Å². The van der Waals surface area contributed by atoms with Crippen molar-refractivity contribution in [1.82, 2.24) is 14.6 Å². The molecule has 1 saturated heterocycles. The number of rotatable bonds is 4. The average Bonchev–Trinajstić information content (AvgIpc) is 3.20. The second-order valence-electron chi connectivity index (χ2n) is 5.41. The molecule has 6 nitrogen and oxygen atoms in total. The fourth-order valence-electron chi connectivity index (χ4n) is 2.67. The number of hydrogen-bond acceptors (Lipinski definition) is 4. The maximum absolute atomic E-state index is 12.1. The van der Waals surface area contributed by atoms with Crippen molar-refractivity contribution in [2.24, 2.45) is 0 Å². The Kier molecular flexibility index (Phi) is 3.25. The van der Waals surface area contributed by atoms with Crippen LogP contribution in [0.15, 0.2) is 24.5 Å². The zero-order valence-electron chi connectivity index (χ0n) is 11.2. The Balaban J connectivity index is 1.87. The summed E-state index contributed by atoms with van der Waals surface area (Å²) in [6, 6.07) is 2.95. The first-order valence-corrected chi connectivity index (χ1v) is 8.20. The Hall–Kier alpha value is -1.47. The largest absolute Gasteiger partial charge is 0.337 e. The SMILES string of the molecule is CN1C(=O)C[C@@H](NS(=O)(=O)C2CC2)[C@@H]1c1cccnc1. The van der Waals surface area contributed by atoms with Crippen molar-refractivity contribution in [2.75, 3.05) is 7.05 Å². The highest BCUT2D eigenvalue weighted by Gasteiger charge is 2.44. The van der Waals surface area contributed by atoms with Crippen LogP contribution in [0.4, 0.5) is 0 Å². The number of likely N-dealkylation sites (tertiary alicyclic amines) is 1. The van der Waals surface area contributed by atoms with Crippen LogP contribution < -0.4 is 4.72 Å². The van der Waals surface area contributed by atoms with E-state index in [4.69, 9.17) is 0 Å². The number of amides is 1. The molecule has 2 fully saturated rings. The van der Waals surface area contributed by atoms with E-state index < -0.39 is 16.1 Å². The summed E-state index contributed by atoms with van der Waals surface area (Å²) in [6.07, 6.45) is 4.96. The standard InChI is InChI=1S/C13H17N3O3S/c1-16-12(17)7-11(15-20(18,19)10-4-5-10)13(16)9-3-2-6-14-8-9/h2-3,6,8,10-11,13,15H,4-5,7H2,1H3/t11-,13+/m1/s1. The van der Waals surface area contributed by atoms with Crippen molar-refractivity contribution in [3.8, 4) is 0 Å². The Bertz CT molecular complexity index is 613. The average molecular weight is 295 g/mol. The highest BCUT2D eigenvalue weighted by Crippen LogP contribution is 2.34. The van der Waals surface area contributed by atoms with Crippen LogP contribution >= 0.6 is 0 Å². The van der Waals surface area contributed by atoms with Gasteiger partial charge in [0, 0.05) is 25.9 Å². The summed E-state index contributed by atoms with van der Waals surface area (Å²) in [5.74, 6) is -0.0534. The normalized spacial score (nSPS) is 27.1. The lowest BCUT2D eigenvalue weighted by atomic mass is 10.0. The highest BCUT2D eigenvalue weighted by atomic mass is 32.2. The van der Waals surface area contributed by atoms with Gasteiger partial charge < -0.3 is 4.90 Å². The predicted molar refractivity (Wildman–Crippen MR) is 73.2 cm³/mol. The molecule has 1 amide bonds. The third-order valence-electron chi connectivity index (χ3n) is 3.89. The topological polar surface area (TPSA) is 79.4 Å². The maximum atomic E-state index is 12.1. The molecule has 1 aromatic heterocycles. The molecule has 2 heterocycles. The van der Waals surface area contributed by atoms with Crippen LogP contribution in [0, 0.1) is 0 Å². The van der Waals surface area contributed by atoms with E-state index in [1.165, 1.54) is 0 Å². The molecule has 0 radical (unpaired) electrons. The van der Waals surface area contributed by atoms with Gasteiger partial charge in [-0.05, 0) is 24.5 Å². The van der Waals surface area contributed by atoms with Gasteiger partial charge in [-0.1, -0.05) is 6.07 Å². The maximum Gasteiger partial charge on any atom is 0.224 e. The van der Waals surface area contributed by atoms with Crippen LogP contribution in [0.5, 0.6) is 0 Å². The summed E-state index contributed by atoms with van der Waals surface area (Å²) in [4.78, 5) is 17.6. The van der Waals surface area contributed by atoms with E-state index in [-0.39, 0.29) is 23.6 Å². The fraction of sp³-hybridized carbons (Fsp3) is 0.538. The summed E-state index contributed by atoms with van der Waals surface area (Å²) in [5.41, 5.74) is 0.851. The smallest absolute Gasteiger partial charge is 0.224 e. The van der Waals surface area contributed by atoms with Gasteiger partial charge in [0.25, 0.3) is 0 Å². The van der Waals surface area contributed by atoms with E-state index in [0.29, 0.717) is 12.8 Å². The van der Waals surface area contributed by atoms with E-state index in [1.54, 1.807) is 30.4 Å². The lowest BCUT2D eigenvalue weighted by Crippen LogP contribution is -2.40. The number of nitrogens with zero attached hydrogens (tertiary/aromatic N) is 2. The van der Waals surface area contributed by atoms with Crippen LogP contribution in [-0.2, 0) is 14.8 Å². The minimum atomic E-state index is -3.31. The number of sulfonamides is 1. The van der Waals surface area contributed by atoms with Crippen molar-refractivity contribution >= 4 is 15.9 Å². The second kappa shape index (κ2) is 4.82. The molecule has 1 aromatic rings. The van der Waals surface area contributed by atoms with Crippen LogP contribution in [0.25, 0.3) is 0 Å². The molecule has 20 heavy (non-hydrogen) atoms. The van der Waals surface area contributed by atoms with E-state index in [2.05, 4.69) is 9.71 Å². The van der Waals surface area contributed by atoms with Gasteiger partial charge in [0.1, 0.15) is 0 Å². The van der Waals surface area contributed by atoms with Gasteiger partial charge in [-0.25, -0.2) is 13.1 Å². The van der Waals surface area contributed by atoms with Gasteiger partial charge in [-0.2, -0.15) is 0 Å². The van der Waals surface area contributed by atoms with E-state index in [0.717, 1.165) is 5.56 Å². The summed E-state index contributed by atoms with van der Waals surface area (Å²) in [7, 11) is -1.61. The van der Waals surface area contributed by atoms with Gasteiger partial charge in [0.15, 0.2) is 0 Å². The number of hydrogen-bond donors (Lipinski definition) is 1. The van der Waals surface area contributed by atoms with Crippen LogP contribution in [0.2, 0.25) is 0 Å². The van der Waals surface area contributed by atoms with Crippen molar-refractivity contribution in [1.29, 1.82) is 0 Å². The molecular formula is C13H17N3O3S. The van der Waals surface area contributed by atoms with Crippen molar-refractivity contribution in [3.05, 3.63) is 30.1 Å². The molecular weight excluding hydrogens is 278 g/mol. The molecule has 0 spiro atoms. The first-order chi connectivity index (χ1) is 9.49. The molecule has 1 N–H and O–H groups in total. The molecule has 0 aromatic carbocycles. The molecule has 2 aliphatic rings. The lowest BCUT2D eigenvalue weighted by molar-refractivity contribution is -0.127. The monoisotopic (exact) mass is 295 g/mol. The molecule has 1 aliphatic heterocycles. The summed E-state index contributed by atoms with van der Waals surface area (Å²) in [6.45, 7) is 0. The number of carbonyl (C=O) groups is 1. The molecule has 1 aliphatic carbocycles. The van der Waals surface area contributed by atoms with Gasteiger partial charge in [-0.15, -0.1) is 0 Å². The first kappa shape index (κ1) is 13.5. The molecule has 7 heteroatoms. The predicted octanol–water partition coefficient (Wildman–Crippen LogP) is 0.435. The van der Waals surface area contributed by atoms with Crippen LogP contribution in [-0.4, -0.2) is 42.5 Å². The molecule has 3 rings (SSSR count). The van der Waals surface area contributed by atoms with Crippen molar-refractivity contribution in [3.63, 3.8) is 0 Å². The molecule has 0 bridgehead atoms. The second-order valence-corrected chi connectivity index (χ2v) is 7.40. The summed E-state index contributed by atoms with van der Waals surface area (Å²) in [5, 5.41) is -0.280. The van der Waals surface area contributed by atoms with E-state index >= 15 is 0 Å². The minimum absolute atomic E-state index is 0.0534. The van der Waals surface area contributed by atoms with Crippen molar-refractivity contribution < 1.29 is 13.2 Å². The van der Waals surface area contributed by atoms with Gasteiger partial charge in [0.05, 0.1) is 17.3 Å². The zero-order chi connectivity index (χ0) is 14.3. The number of nitrogens with one attached hydrogen (secondary N) is 1. The van der Waals surface area contributed by atoms with Gasteiger partial charge in [-0.3, -0.25) is 9.78 Å². The molecule has 1 saturated carbocycles.